The van der Waals surface area contributed by atoms with Crippen LogP contribution < -0.4 is 5.32 Å². The number of hydrogen-bond donors (Lipinski definition) is 1. The summed E-state index contributed by atoms with van der Waals surface area (Å²) in [7, 11) is 0. The van der Waals surface area contributed by atoms with Crippen LogP contribution in [0.3, 0.4) is 0 Å². The molecule has 0 aliphatic carbocycles. The van der Waals surface area contributed by atoms with E-state index in [-0.39, 0.29) is 5.82 Å². The molecule has 0 bridgehead atoms. The molecule has 1 aromatic heterocycles. The maximum absolute atomic E-state index is 12.9. The van der Waals surface area contributed by atoms with Crippen LogP contribution in [-0.4, -0.2) is 17.6 Å². The molecule has 1 N–H and O–H groups in total. The third-order valence-electron chi connectivity index (χ3n) is 2.43. The summed E-state index contributed by atoms with van der Waals surface area (Å²) in [6.45, 7) is 5.03. The zero-order valence-corrected chi connectivity index (χ0v) is 9.46. The maximum Gasteiger partial charge on any atom is 0.197 e. The molecule has 2 rings (SSSR count). The number of oxazole rings is 1. The van der Waals surface area contributed by atoms with Crippen molar-refractivity contribution in [2.75, 3.05) is 6.54 Å². The highest BCUT2D eigenvalue weighted by Gasteiger charge is 2.09. The number of halogens is 1. The molecule has 1 unspecified atom stereocenters. The largest absolute Gasteiger partial charge is 0.441 e. The van der Waals surface area contributed by atoms with E-state index in [9.17, 15) is 4.39 Å². The molecule has 1 aromatic carbocycles. The van der Waals surface area contributed by atoms with Crippen LogP contribution in [0.2, 0.25) is 0 Å². The zero-order valence-electron chi connectivity index (χ0n) is 9.46. The Morgan fingerprint density at radius 1 is 1.50 bits per heavy atom. The van der Waals surface area contributed by atoms with E-state index in [0.29, 0.717) is 29.5 Å². The first-order valence-electron chi connectivity index (χ1n) is 5.47. The maximum atomic E-state index is 12.9. The highest BCUT2D eigenvalue weighted by Crippen LogP contribution is 2.17. The van der Waals surface area contributed by atoms with Crippen molar-refractivity contribution in [2.24, 2.45) is 0 Å². The SMILES string of the molecule is CCNC(C)Cc1nc2ccc(F)cc2o1. The molecule has 0 spiro atoms. The van der Waals surface area contributed by atoms with Crippen molar-refractivity contribution in [3.63, 3.8) is 0 Å². The topological polar surface area (TPSA) is 38.1 Å². The summed E-state index contributed by atoms with van der Waals surface area (Å²) >= 11 is 0. The number of likely N-dealkylation sites (N-methyl/N-ethyl adjacent to an activating group) is 1. The molecule has 86 valence electrons. The van der Waals surface area contributed by atoms with Gasteiger partial charge in [0.25, 0.3) is 0 Å². The van der Waals surface area contributed by atoms with Crippen LogP contribution in [-0.2, 0) is 6.42 Å². The van der Waals surface area contributed by atoms with Crippen molar-refractivity contribution in [1.29, 1.82) is 0 Å². The van der Waals surface area contributed by atoms with Gasteiger partial charge in [0.2, 0.25) is 0 Å². The Bertz CT molecular complexity index is 481. The highest BCUT2D eigenvalue weighted by atomic mass is 19.1. The molecule has 0 radical (unpaired) electrons. The fourth-order valence-electron chi connectivity index (χ4n) is 1.72. The third-order valence-corrected chi connectivity index (χ3v) is 2.43. The summed E-state index contributed by atoms with van der Waals surface area (Å²) < 4.78 is 18.4. The normalized spacial score (nSPS) is 13.2. The van der Waals surface area contributed by atoms with Crippen molar-refractivity contribution in [3.05, 3.63) is 29.9 Å². The molecule has 0 saturated carbocycles. The van der Waals surface area contributed by atoms with Crippen LogP contribution in [0.4, 0.5) is 4.39 Å². The van der Waals surface area contributed by atoms with Crippen molar-refractivity contribution in [2.45, 2.75) is 26.3 Å². The summed E-state index contributed by atoms with van der Waals surface area (Å²) in [6, 6.07) is 4.70. The quantitative estimate of drug-likeness (QED) is 0.863. The predicted octanol–water partition coefficient (Wildman–Crippen LogP) is 2.51. The number of nitrogens with zero attached hydrogens (tertiary/aromatic N) is 1. The molecule has 1 heterocycles. The van der Waals surface area contributed by atoms with Crippen molar-refractivity contribution < 1.29 is 8.81 Å². The number of nitrogens with one attached hydrogen (secondary N) is 1. The average molecular weight is 222 g/mol. The van der Waals surface area contributed by atoms with E-state index in [4.69, 9.17) is 4.42 Å². The van der Waals surface area contributed by atoms with E-state index in [0.717, 1.165) is 6.54 Å². The van der Waals surface area contributed by atoms with Crippen molar-refractivity contribution >= 4 is 11.1 Å². The van der Waals surface area contributed by atoms with Gasteiger partial charge in [-0.2, -0.15) is 0 Å². The van der Waals surface area contributed by atoms with E-state index in [2.05, 4.69) is 24.1 Å². The monoisotopic (exact) mass is 222 g/mol. The molecule has 0 amide bonds. The molecule has 0 saturated heterocycles. The Labute approximate surface area is 93.7 Å². The zero-order chi connectivity index (χ0) is 11.5. The summed E-state index contributed by atoms with van der Waals surface area (Å²) in [5, 5.41) is 3.28. The Balaban J connectivity index is 2.19. The Hall–Kier alpha value is -1.42. The van der Waals surface area contributed by atoms with Crippen LogP contribution in [0.1, 0.15) is 19.7 Å². The highest BCUT2D eigenvalue weighted by molar-refractivity contribution is 5.72. The summed E-state index contributed by atoms with van der Waals surface area (Å²) in [5.41, 5.74) is 1.22. The van der Waals surface area contributed by atoms with E-state index >= 15 is 0 Å². The molecule has 0 aliphatic heterocycles. The van der Waals surface area contributed by atoms with Gasteiger partial charge >= 0.3 is 0 Å². The first kappa shape index (κ1) is 11.1. The number of hydrogen-bond acceptors (Lipinski definition) is 3. The number of fused-ring (bicyclic) bond motifs is 1. The summed E-state index contributed by atoms with van der Waals surface area (Å²) in [5.74, 6) is 0.351. The van der Waals surface area contributed by atoms with Gasteiger partial charge in [0.1, 0.15) is 11.3 Å². The lowest BCUT2D eigenvalue weighted by atomic mass is 10.2. The smallest absolute Gasteiger partial charge is 0.197 e. The van der Waals surface area contributed by atoms with E-state index in [1.165, 1.54) is 12.1 Å². The number of rotatable bonds is 4. The minimum atomic E-state index is -0.296. The summed E-state index contributed by atoms with van der Waals surface area (Å²) in [6.07, 6.45) is 0.712. The molecule has 0 aliphatic rings. The predicted molar refractivity (Wildman–Crippen MR) is 60.8 cm³/mol. The number of aromatic nitrogens is 1. The lowest BCUT2D eigenvalue weighted by molar-refractivity contribution is 0.468. The van der Waals surface area contributed by atoms with Crippen LogP contribution in [0, 0.1) is 5.82 Å². The van der Waals surface area contributed by atoms with Crippen LogP contribution in [0.5, 0.6) is 0 Å². The van der Waals surface area contributed by atoms with Gasteiger partial charge in [0.15, 0.2) is 11.5 Å². The first-order chi connectivity index (χ1) is 7.69. The molecule has 2 aromatic rings. The van der Waals surface area contributed by atoms with Crippen molar-refractivity contribution in [1.82, 2.24) is 10.3 Å². The second kappa shape index (κ2) is 4.61. The van der Waals surface area contributed by atoms with E-state index in [1.54, 1.807) is 6.07 Å². The lowest BCUT2D eigenvalue weighted by Crippen LogP contribution is -2.27. The standard InChI is InChI=1S/C12H15FN2O/c1-3-14-8(2)6-12-15-10-5-4-9(13)7-11(10)16-12/h4-5,7-8,14H,3,6H2,1-2H3. The van der Waals surface area contributed by atoms with Gasteiger partial charge in [0.05, 0.1) is 0 Å². The number of benzene rings is 1. The molecule has 0 fully saturated rings. The van der Waals surface area contributed by atoms with Gasteiger partial charge < -0.3 is 9.73 Å². The summed E-state index contributed by atoms with van der Waals surface area (Å²) in [4.78, 5) is 4.30. The second-order valence-electron chi connectivity index (χ2n) is 3.88. The fourth-order valence-corrected chi connectivity index (χ4v) is 1.72. The van der Waals surface area contributed by atoms with Crippen molar-refractivity contribution in [3.8, 4) is 0 Å². The van der Waals surface area contributed by atoms with Gasteiger partial charge in [-0.05, 0) is 25.6 Å². The van der Waals surface area contributed by atoms with Gasteiger partial charge in [-0.15, -0.1) is 0 Å². The van der Waals surface area contributed by atoms with Gasteiger partial charge in [0, 0.05) is 18.5 Å². The Morgan fingerprint density at radius 3 is 3.06 bits per heavy atom. The third kappa shape index (κ3) is 2.39. The second-order valence-corrected chi connectivity index (χ2v) is 3.88. The van der Waals surface area contributed by atoms with Gasteiger partial charge in [-0.3, -0.25) is 0 Å². The average Bonchev–Trinajstić information content (AvgIpc) is 2.59. The lowest BCUT2D eigenvalue weighted by Gasteiger charge is -2.08. The molecular weight excluding hydrogens is 207 g/mol. The molecule has 16 heavy (non-hydrogen) atoms. The molecule has 1 atom stereocenters. The molecule has 3 nitrogen and oxygen atoms in total. The fraction of sp³-hybridized carbons (Fsp3) is 0.417. The van der Waals surface area contributed by atoms with E-state index < -0.39 is 0 Å². The molecule has 4 heteroatoms. The minimum Gasteiger partial charge on any atom is -0.441 e. The minimum absolute atomic E-state index is 0.296. The van der Waals surface area contributed by atoms with Crippen LogP contribution in [0.25, 0.3) is 11.1 Å². The van der Waals surface area contributed by atoms with E-state index in [1.807, 2.05) is 0 Å². The van der Waals surface area contributed by atoms with Gasteiger partial charge in [-0.25, -0.2) is 9.37 Å². The van der Waals surface area contributed by atoms with Crippen LogP contribution in [0.15, 0.2) is 22.6 Å². The van der Waals surface area contributed by atoms with Crippen LogP contribution >= 0.6 is 0 Å². The first-order valence-corrected chi connectivity index (χ1v) is 5.47. The molecular formula is C12H15FN2O. The van der Waals surface area contributed by atoms with Gasteiger partial charge in [-0.1, -0.05) is 6.92 Å². The Morgan fingerprint density at radius 2 is 2.31 bits per heavy atom. The Kier molecular flexibility index (Phi) is 3.19.